The summed E-state index contributed by atoms with van der Waals surface area (Å²) in [7, 11) is 0. The molecule has 2 aromatic carbocycles. The maximum absolute atomic E-state index is 13.1. The Labute approximate surface area is 99.2 Å². The van der Waals surface area contributed by atoms with Crippen LogP contribution in [0.3, 0.4) is 0 Å². The van der Waals surface area contributed by atoms with Crippen molar-refractivity contribution in [2.24, 2.45) is 0 Å². The monoisotopic (exact) mass is 230 g/mol. The van der Waals surface area contributed by atoms with Gasteiger partial charge in [0.2, 0.25) is 0 Å². The predicted octanol–water partition coefficient (Wildman–Crippen LogP) is 4.65. The average molecular weight is 230 g/mol. The van der Waals surface area contributed by atoms with Gasteiger partial charge in [0.05, 0.1) is 5.57 Å². The van der Waals surface area contributed by atoms with Crippen LogP contribution in [-0.4, -0.2) is 0 Å². The van der Waals surface area contributed by atoms with E-state index in [2.05, 4.69) is 0 Å². The Morgan fingerprint density at radius 1 is 0.824 bits per heavy atom. The fraction of sp³-hybridized carbons (Fsp3) is 0.0667. The minimum atomic E-state index is -1.65. The van der Waals surface area contributed by atoms with Gasteiger partial charge in [-0.1, -0.05) is 54.6 Å². The van der Waals surface area contributed by atoms with Crippen LogP contribution in [0.1, 0.15) is 16.7 Å². The number of rotatable bonds is 2. The lowest BCUT2D eigenvalue weighted by Gasteiger charge is -2.09. The standard InChI is InChI=1S/C15H12F2/c1-11-7-5-6-10-13(11)14(15(16)17)12-8-3-2-4-9-12/h2-10H,1H3. The lowest BCUT2D eigenvalue weighted by molar-refractivity contribution is 0.426. The molecule has 0 aliphatic heterocycles. The van der Waals surface area contributed by atoms with Crippen molar-refractivity contribution in [3.05, 3.63) is 77.4 Å². The molecule has 0 heterocycles. The SMILES string of the molecule is Cc1ccccc1C(=C(F)F)c1ccccc1. The second-order valence-electron chi connectivity index (χ2n) is 3.82. The van der Waals surface area contributed by atoms with Crippen molar-refractivity contribution in [3.63, 3.8) is 0 Å². The van der Waals surface area contributed by atoms with Gasteiger partial charge in [0, 0.05) is 0 Å². The van der Waals surface area contributed by atoms with Gasteiger partial charge in [-0.05, 0) is 23.6 Å². The summed E-state index contributed by atoms with van der Waals surface area (Å²) in [6.07, 6.45) is -1.65. The molecule has 17 heavy (non-hydrogen) atoms. The molecule has 2 heteroatoms. The van der Waals surface area contributed by atoms with E-state index in [0.29, 0.717) is 11.1 Å². The third-order valence-corrected chi connectivity index (χ3v) is 2.67. The zero-order valence-corrected chi connectivity index (χ0v) is 9.45. The molecule has 0 bridgehead atoms. The summed E-state index contributed by atoms with van der Waals surface area (Å²) in [5, 5.41) is 0. The normalized spacial score (nSPS) is 10.1. The van der Waals surface area contributed by atoms with Gasteiger partial charge in [0.1, 0.15) is 0 Å². The Morgan fingerprint density at radius 3 is 2.00 bits per heavy atom. The van der Waals surface area contributed by atoms with Crippen LogP contribution in [0.25, 0.3) is 5.57 Å². The molecule has 0 amide bonds. The highest BCUT2D eigenvalue weighted by atomic mass is 19.3. The molecule has 86 valence electrons. The highest BCUT2D eigenvalue weighted by molar-refractivity contribution is 5.81. The predicted molar refractivity (Wildman–Crippen MR) is 65.9 cm³/mol. The molecule has 0 atom stereocenters. The fourth-order valence-electron chi connectivity index (χ4n) is 1.82. The molecule has 2 aromatic rings. The van der Waals surface area contributed by atoms with Gasteiger partial charge in [0.25, 0.3) is 6.08 Å². The molecule has 0 fully saturated rings. The smallest absolute Gasteiger partial charge is 0.173 e. The number of aryl methyl sites for hydroxylation is 1. The maximum Gasteiger partial charge on any atom is 0.278 e. The van der Waals surface area contributed by atoms with Gasteiger partial charge in [0.15, 0.2) is 0 Å². The van der Waals surface area contributed by atoms with E-state index in [1.165, 1.54) is 0 Å². The summed E-state index contributed by atoms with van der Waals surface area (Å²) >= 11 is 0. The van der Waals surface area contributed by atoms with E-state index in [-0.39, 0.29) is 5.57 Å². The van der Waals surface area contributed by atoms with Crippen LogP contribution < -0.4 is 0 Å². The quantitative estimate of drug-likeness (QED) is 0.704. The minimum Gasteiger partial charge on any atom is -0.173 e. The third-order valence-electron chi connectivity index (χ3n) is 2.67. The van der Waals surface area contributed by atoms with E-state index in [0.717, 1.165) is 5.56 Å². The second kappa shape index (κ2) is 4.91. The van der Waals surface area contributed by atoms with Crippen molar-refractivity contribution in [2.75, 3.05) is 0 Å². The van der Waals surface area contributed by atoms with Crippen LogP contribution >= 0.6 is 0 Å². The van der Waals surface area contributed by atoms with Crippen molar-refractivity contribution in [2.45, 2.75) is 6.92 Å². The molecule has 0 saturated carbocycles. The van der Waals surface area contributed by atoms with Crippen molar-refractivity contribution in [1.29, 1.82) is 0 Å². The minimum absolute atomic E-state index is 0.0173. The second-order valence-corrected chi connectivity index (χ2v) is 3.82. The van der Waals surface area contributed by atoms with E-state index >= 15 is 0 Å². The lowest BCUT2D eigenvalue weighted by atomic mass is 9.95. The van der Waals surface area contributed by atoms with Gasteiger partial charge in [-0.15, -0.1) is 0 Å². The Kier molecular flexibility index (Phi) is 3.33. The zero-order valence-electron chi connectivity index (χ0n) is 9.45. The largest absolute Gasteiger partial charge is 0.278 e. The summed E-state index contributed by atoms with van der Waals surface area (Å²) in [6, 6.07) is 15.9. The molecule has 0 N–H and O–H groups in total. The van der Waals surface area contributed by atoms with Crippen molar-refractivity contribution < 1.29 is 8.78 Å². The molecule has 0 saturated heterocycles. The Morgan fingerprint density at radius 2 is 1.41 bits per heavy atom. The highest BCUT2D eigenvalue weighted by Gasteiger charge is 2.13. The molecular formula is C15H12F2. The van der Waals surface area contributed by atoms with Gasteiger partial charge < -0.3 is 0 Å². The van der Waals surface area contributed by atoms with Crippen molar-refractivity contribution in [3.8, 4) is 0 Å². The van der Waals surface area contributed by atoms with E-state index in [9.17, 15) is 8.78 Å². The third kappa shape index (κ3) is 2.41. The Bertz CT molecular complexity index is 538. The van der Waals surface area contributed by atoms with Crippen LogP contribution in [-0.2, 0) is 0 Å². The van der Waals surface area contributed by atoms with Crippen LogP contribution in [0.15, 0.2) is 60.7 Å². The van der Waals surface area contributed by atoms with Gasteiger partial charge >= 0.3 is 0 Å². The molecule has 0 spiro atoms. The van der Waals surface area contributed by atoms with Gasteiger partial charge in [-0.25, -0.2) is 0 Å². The van der Waals surface area contributed by atoms with Crippen molar-refractivity contribution >= 4 is 5.57 Å². The van der Waals surface area contributed by atoms with Gasteiger partial charge in [-0.2, -0.15) is 8.78 Å². The molecule has 2 rings (SSSR count). The summed E-state index contributed by atoms with van der Waals surface area (Å²) < 4.78 is 26.3. The summed E-state index contributed by atoms with van der Waals surface area (Å²) in [6.45, 7) is 1.83. The maximum atomic E-state index is 13.1. The molecule has 0 nitrogen and oxygen atoms in total. The first kappa shape index (κ1) is 11.5. The van der Waals surface area contributed by atoms with Crippen LogP contribution in [0, 0.1) is 6.92 Å². The molecule has 0 aliphatic carbocycles. The number of hydrogen-bond acceptors (Lipinski definition) is 0. The topological polar surface area (TPSA) is 0 Å². The molecule has 0 unspecified atom stereocenters. The van der Waals surface area contributed by atoms with Crippen LogP contribution in [0.5, 0.6) is 0 Å². The summed E-state index contributed by atoms with van der Waals surface area (Å²) in [5.41, 5.74) is 1.99. The van der Waals surface area contributed by atoms with Crippen LogP contribution in [0.2, 0.25) is 0 Å². The summed E-state index contributed by atoms with van der Waals surface area (Å²) in [4.78, 5) is 0. The lowest BCUT2D eigenvalue weighted by Crippen LogP contribution is -1.92. The van der Waals surface area contributed by atoms with E-state index in [1.807, 2.05) is 25.1 Å². The average Bonchev–Trinajstić information content (AvgIpc) is 2.33. The number of hydrogen-bond donors (Lipinski definition) is 0. The Balaban J connectivity index is 2.61. The van der Waals surface area contributed by atoms with Crippen molar-refractivity contribution in [1.82, 2.24) is 0 Å². The molecule has 0 radical (unpaired) electrons. The molecule has 0 aromatic heterocycles. The number of benzene rings is 2. The fourth-order valence-corrected chi connectivity index (χ4v) is 1.82. The number of halogens is 2. The summed E-state index contributed by atoms with van der Waals surface area (Å²) in [5.74, 6) is 0. The Hall–Kier alpha value is -1.96. The molecular weight excluding hydrogens is 218 g/mol. The zero-order chi connectivity index (χ0) is 12.3. The first-order valence-corrected chi connectivity index (χ1v) is 5.37. The highest BCUT2D eigenvalue weighted by Crippen LogP contribution is 2.30. The van der Waals surface area contributed by atoms with E-state index in [4.69, 9.17) is 0 Å². The first-order valence-electron chi connectivity index (χ1n) is 5.37. The first-order chi connectivity index (χ1) is 8.20. The molecule has 0 aliphatic rings. The van der Waals surface area contributed by atoms with Gasteiger partial charge in [-0.3, -0.25) is 0 Å². The van der Waals surface area contributed by atoms with E-state index in [1.54, 1.807) is 36.4 Å². The van der Waals surface area contributed by atoms with E-state index < -0.39 is 6.08 Å². The van der Waals surface area contributed by atoms with Crippen LogP contribution in [0.4, 0.5) is 8.78 Å².